The van der Waals surface area contributed by atoms with Crippen LogP contribution in [0.5, 0.6) is 0 Å². The molecule has 8 aromatic carbocycles. The zero-order chi connectivity index (χ0) is 40.8. The van der Waals surface area contributed by atoms with Crippen LogP contribution in [0.1, 0.15) is 8.22 Å². The highest BCUT2D eigenvalue weighted by molar-refractivity contribution is 6.24. The Bertz CT molecular complexity index is 3500. The lowest BCUT2D eigenvalue weighted by Gasteiger charge is -2.14. The monoisotopic (exact) mass is 696 g/mol. The maximum Gasteiger partial charge on any atom is 0.164 e. The van der Waals surface area contributed by atoms with E-state index in [1.165, 1.54) is 0 Å². The first kappa shape index (κ1) is 24.8. The number of furan rings is 1. The smallest absolute Gasteiger partial charge is 0.164 e. The van der Waals surface area contributed by atoms with Crippen molar-refractivity contribution in [3.8, 4) is 51.0 Å². The van der Waals surface area contributed by atoms with Gasteiger partial charge < -0.3 is 8.98 Å². The summed E-state index contributed by atoms with van der Waals surface area (Å²) in [4.78, 5) is 14.9. The molecule has 0 amide bonds. The number of hydrogen-bond acceptors (Lipinski definition) is 4. The molecular weight excluding hydrogens is 661 g/mol. The lowest BCUT2D eigenvalue weighted by Crippen LogP contribution is -2.01. The van der Waals surface area contributed by atoms with Gasteiger partial charge in [0.15, 0.2) is 17.5 Å². The molecule has 5 heteroatoms. The molecule has 54 heavy (non-hydrogen) atoms. The number of para-hydroxylation sites is 2. The molecule has 0 spiro atoms. The van der Waals surface area contributed by atoms with E-state index >= 15 is 0 Å². The van der Waals surface area contributed by atoms with E-state index in [1.54, 1.807) is 0 Å². The summed E-state index contributed by atoms with van der Waals surface area (Å²) < 4.78 is 63.9. The fraction of sp³-hybridized carbons (Fsp3) is 0. The molecule has 0 fully saturated rings. The second-order valence-electron chi connectivity index (χ2n) is 13.1. The SMILES string of the molecule is [2H]c1c([2H])c([2H])c2c(oc3c([2H])c(-n4c5ccccc5c5c6ccccc6c(-c6ccccc6)cc54)c([2H])c(-c4nc(-c5ccccc5)nc(-c5ccccc5)n4)c32)c1[2H]. The van der Waals surface area contributed by atoms with Gasteiger partial charge in [-0.15, -0.1) is 0 Å². The van der Waals surface area contributed by atoms with Crippen molar-refractivity contribution in [2.75, 3.05) is 0 Å². The number of fused-ring (bicyclic) bond motifs is 8. The van der Waals surface area contributed by atoms with Crippen LogP contribution in [0.2, 0.25) is 0 Å². The highest BCUT2D eigenvalue weighted by Crippen LogP contribution is 2.44. The lowest BCUT2D eigenvalue weighted by atomic mass is 9.95. The van der Waals surface area contributed by atoms with Crippen LogP contribution in [0.25, 0.3) is 105 Å². The summed E-state index contributed by atoms with van der Waals surface area (Å²) in [6.45, 7) is 0. The molecule has 252 valence electrons. The van der Waals surface area contributed by atoms with Crippen molar-refractivity contribution in [3.63, 3.8) is 0 Å². The van der Waals surface area contributed by atoms with Crippen LogP contribution in [0.3, 0.4) is 0 Å². The van der Waals surface area contributed by atoms with E-state index < -0.39 is 12.1 Å². The van der Waals surface area contributed by atoms with Crippen LogP contribution in [0.15, 0.2) is 186 Å². The Morgan fingerprint density at radius 3 is 1.72 bits per heavy atom. The van der Waals surface area contributed by atoms with E-state index in [-0.39, 0.29) is 63.2 Å². The number of nitrogens with zero attached hydrogens (tertiary/aromatic N) is 4. The molecule has 0 bridgehead atoms. The third kappa shape index (κ3) is 4.76. The van der Waals surface area contributed by atoms with Gasteiger partial charge in [-0.2, -0.15) is 0 Å². The summed E-state index contributed by atoms with van der Waals surface area (Å²) >= 11 is 0. The molecule has 0 unspecified atom stereocenters. The van der Waals surface area contributed by atoms with Gasteiger partial charge in [-0.3, -0.25) is 0 Å². The van der Waals surface area contributed by atoms with E-state index in [1.807, 2.05) is 120 Å². The number of hydrogen-bond donors (Lipinski definition) is 0. The Balaban J connectivity index is 1.35. The number of benzene rings is 8. The van der Waals surface area contributed by atoms with Gasteiger partial charge in [0.05, 0.1) is 24.9 Å². The van der Waals surface area contributed by atoms with Gasteiger partial charge in [0.2, 0.25) is 0 Å². The minimum absolute atomic E-state index is 0.0177. The molecule has 0 saturated carbocycles. The molecule has 3 aromatic heterocycles. The molecule has 11 rings (SSSR count). The molecule has 0 saturated heterocycles. The van der Waals surface area contributed by atoms with Crippen LogP contribution in [-0.2, 0) is 0 Å². The van der Waals surface area contributed by atoms with E-state index in [2.05, 4.69) is 30.3 Å². The van der Waals surface area contributed by atoms with Crippen molar-refractivity contribution < 1.29 is 12.6 Å². The second-order valence-corrected chi connectivity index (χ2v) is 13.1. The van der Waals surface area contributed by atoms with E-state index in [0.29, 0.717) is 22.8 Å². The Labute approximate surface area is 318 Å². The molecule has 0 atom stereocenters. The normalized spacial score (nSPS) is 13.3. The molecule has 5 nitrogen and oxygen atoms in total. The predicted molar refractivity (Wildman–Crippen MR) is 221 cm³/mol. The van der Waals surface area contributed by atoms with Gasteiger partial charge in [0, 0.05) is 44.3 Å². The van der Waals surface area contributed by atoms with E-state index in [4.69, 9.17) is 24.9 Å². The Hall–Kier alpha value is -7.37. The topological polar surface area (TPSA) is 56.7 Å². The highest BCUT2D eigenvalue weighted by Gasteiger charge is 2.23. The molecule has 0 N–H and O–H groups in total. The quantitative estimate of drug-likeness (QED) is 0.180. The molecule has 0 aliphatic carbocycles. The van der Waals surface area contributed by atoms with Gasteiger partial charge in [-0.05, 0) is 46.1 Å². The second kappa shape index (κ2) is 12.1. The molecule has 11 aromatic rings. The zero-order valence-corrected chi connectivity index (χ0v) is 28.6. The van der Waals surface area contributed by atoms with Crippen LogP contribution in [0, 0.1) is 0 Å². The first-order chi connectivity index (χ1) is 29.3. The van der Waals surface area contributed by atoms with Gasteiger partial charge in [0.25, 0.3) is 0 Å². The van der Waals surface area contributed by atoms with E-state index in [9.17, 15) is 2.74 Å². The number of rotatable bonds is 5. The molecular formula is C49H30N4O. The summed E-state index contributed by atoms with van der Waals surface area (Å²) in [7, 11) is 0. The Morgan fingerprint density at radius 1 is 0.444 bits per heavy atom. The zero-order valence-electron chi connectivity index (χ0n) is 34.6. The van der Waals surface area contributed by atoms with Crippen molar-refractivity contribution in [2.45, 2.75) is 0 Å². The largest absolute Gasteiger partial charge is 0.456 e. The lowest BCUT2D eigenvalue weighted by molar-refractivity contribution is 0.668. The van der Waals surface area contributed by atoms with Crippen LogP contribution >= 0.6 is 0 Å². The first-order valence-corrected chi connectivity index (χ1v) is 17.6. The molecule has 3 heterocycles. The third-order valence-electron chi connectivity index (χ3n) is 9.97. The molecule has 0 aliphatic heterocycles. The van der Waals surface area contributed by atoms with Gasteiger partial charge >= 0.3 is 0 Å². The average molecular weight is 697 g/mol. The summed E-state index contributed by atoms with van der Waals surface area (Å²) in [6, 6.07) is 45.4. The molecule has 0 aliphatic rings. The first-order valence-electron chi connectivity index (χ1n) is 20.6. The van der Waals surface area contributed by atoms with Crippen LogP contribution in [0.4, 0.5) is 0 Å². The van der Waals surface area contributed by atoms with Gasteiger partial charge in [-0.1, -0.05) is 152 Å². The summed E-state index contributed by atoms with van der Waals surface area (Å²) in [5, 5.41) is 4.13. The molecule has 0 radical (unpaired) electrons. The van der Waals surface area contributed by atoms with Crippen molar-refractivity contribution in [2.24, 2.45) is 0 Å². The third-order valence-corrected chi connectivity index (χ3v) is 9.97. The van der Waals surface area contributed by atoms with Crippen molar-refractivity contribution >= 4 is 54.5 Å². The maximum absolute atomic E-state index is 10.3. The van der Waals surface area contributed by atoms with Crippen LogP contribution < -0.4 is 0 Å². The predicted octanol–water partition coefficient (Wildman–Crippen LogP) is 12.7. The summed E-state index contributed by atoms with van der Waals surface area (Å²) in [5.41, 5.74) is 5.09. The Morgan fingerprint density at radius 2 is 1.02 bits per heavy atom. The minimum Gasteiger partial charge on any atom is -0.456 e. The standard InChI is InChI=1S/C49H30N4O/c1-4-16-31(17-5-1)39-30-42-45(36-23-11-10-22-35(36)39)37-24-12-14-26-41(37)53(42)34-28-40(46-38-25-13-15-27-43(38)54-44(46)29-34)49-51-47(32-18-6-2-7-19-32)50-48(52-49)33-20-8-3-9-21-33/h1-30H/i13D,15D,25D,27D,28D,29D. The van der Waals surface area contributed by atoms with Gasteiger partial charge in [0.1, 0.15) is 11.2 Å². The summed E-state index contributed by atoms with van der Waals surface area (Å²) in [5.74, 6) is 0.772. The summed E-state index contributed by atoms with van der Waals surface area (Å²) in [6.07, 6.45) is 0. The fourth-order valence-electron chi connectivity index (χ4n) is 7.59. The van der Waals surface area contributed by atoms with Crippen molar-refractivity contribution in [3.05, 3.63) is 182 Å². The van der Waals surface area contributed by atoms with Crippen LogP contribution in [-0.4, -0.2) is 19.5 Å². The van der Waals surface area contributed by atoms with Gasteiger partial charge in [-0.25, -0.2) is 15.0 Å². The van der Waals surface area contributed by atoms with Crippen molar-refractivity contribution in [1.29, 1.82) is 0 Å². The van der Waals surface area contributed by atoms with Crippen molar-refractivity contribution in [1.82, 2.24) is 19.5 Å². The van der Waals surface area contributed by atoms with E-state index in [0.717, 1.165) is 43.7 Å². The minimum atomic E-state index is -0.466. The average Bonchev–Trinajstić information content (AvgIpc) is 3.85. The number of aromatic nitrogens is 4. The maximum atomic E-state index is 10.3. The Kier molecular flexibility index (Phi) is 5.55. The fourth-order valence-corrected chi connectivity index (χ4v) is 7.59. The highest BCUT2D eigenvalue weighted by atomic mass is 16.3.